The zero-order valence-corrected chi connectivity index (χ0v) is 17.1. The Labute approximate surface area is 174 Å². The molecule has 0 aliphatic rings. The molecule has 1 heterocycles. The molecule has 1 amide bonds. The van der Waals surface area contributed by atoms with Crippen molar-refractivity contribution < 1.29 is 14.3 Å². The van der Waals surface area contributed by atoms with Crippen LogP contribution in [0.2, 0.25) is 0 Å². The van der Waals surface area contributed by atoms with E-state index in [1.165, 1.54) is 11.3 Å². The van der Waals surface area contributed by atoms with E-state index < -0.39 is 0 Å². The van der Waals surface area contributed by atoms with E-state index in [9.17, 15) is 4.79 Å². The van der Waals surface area contributed by atoms with E-state index in [4.69, 9.17) is 14.7 Å². The summed E-state index contributed by atoms with van der Waals surface area (Å²) < 4.78 is 10.6. The lowest BCUT2D eigenvalue weighted by atomic mass is 10.2. The number of nitriles is 1. The highest BCUT2D eigenvalue weighted by Gasteiger charge is 2.21. The SMILES string of the molecule is CCOc1ccc(N(CCC#N)C(=O)c2csc(-c3ccc(OC)cc3)n2)cc1. The molecule has 0 aliphatic heterocycles. The third-order valence-electron chi connectivity index (χ3n) is 4.21. The van der Waals surface area contributed by atoms with Gasteiger partial charge in [0.15, 0.2) is 0 Å². The Bertz CT molecular complexity index is 991. The van der Waals surface area contributed by atoms with Crippen LogP contribution in [0.15, 0.2) is 53.9 Å². The molecule has 3 aromatic rings. The maximum absolute atomic E-state index is 13.1. The molecule has 0 unspecified atom stereocenters. The number of thiazole rings is 1. The number of methoxy groups -OCH3 is 1. The fraction of sp³-hybridized carbons (Fsp3) is 0.227. The van der Waals surface area contributed by atoms with Gasteiger partial charge in [0.1, 0.15) is 22.2 Å². The third-order valence-corrected chi connectivity index (χ3v) is 5.10. The van der Waals surface area contributed by atoms with Crippen molar-refractivity contribution in [1.29, 1.82) is 5.26 Å². The van der Waals surface area contributed by atoms with E-state index in [1.807, 2.05) is 55.5 Å². The number of nitrogens with zero attached hydrogens (tertiary/aromatic N) is 3. The van der Waals surface area contributed by atoms with Gasteiger partial charge in [-0.1, -0.05) is 0 Å². The van der Waals surface area contributed by atoms with Gasteiger partial charge in [-0.25, -0.2) is 4.98 Å². The molecular formula is C22H21N3O3S. The average Bonchev–Trinajstić information content (AvgIpc) is 3.25. The highest BCUT2D eigenvalue weighted by Crippen LogP contribution is 2.27. The molecule has 0 bridgehead atoms. The first-order valence-corrected chi connectivity index (χ1v) is 10.1. The van der Waals surface area contributed by atoms with Crippen LogP contribution in [-0.2, 0) is 0 Å². The highest BCUT2D eigenvalue weighted by atomic mass is 32.1. The van der Waals surface area contributed by atoms with Crippen molar-refractivity contribution >= 4 is 22.9 Å². The maximum atomic E-state index is 13.1. The lowest BCUT2D eigenvalue weighted by Crippen LogP contribution is -2.32. The molecule has 0 N–H and O–H groups in total. The maximum Gasteiger partial charge on any atom is 0.277 e. The predicted molar refractivity (Wildman–Crippen MR) is 114 cm³/mol. The second-order valence-electron chi connectivity index (χ2n) is 6.06. The van der Waals surface area contributed by atoms with Crippen LogP contribution in [-0.4, -0.2) is 31.2 Å². The van der Waals surface area contributed by atoms with Gasteiger partial charge in [-0.2, -0.15) is 5.26 Å². The molecular weight excluding hydrogens is 386 g/mol. The number of aromatic nitrogens is 1. The van der Waals surface area contributed by atoms with Gasteiger partial charge in [0, 0.05) is 23.2 Å². The quantitative estimate of drug-likeness (QED) is 0.537. The molecule has 0 aliphatic carbocycles. The number of hydrogen-bond acceptors (Lipinski definition) is 6. The molecule has 0 saturated carbocycles. The monoisotopic (exact) mass is 407 g/mol. The normalized spacial score (nSPS) is 10.2. The first-order valence-electron chi connectivity index (χ1n) is 9.18. The van der Waals surface area contributed by atoms with E-state index in [1.54, 1.807) is 17.4 Å². The number of amides is 1. The lowest BCUT2D eigenvalue weighted by molar-refractivity contribution is 0.0983. The van der Waals surface area contributed by atoms with Gasteiger partial charge in [-0.05, 0) is 55.5 Å². The minimum absolute atomic E-state index is 0.231. The number of anilines is 1. The number of ether oxygens (including phenoxy) is 2. The van der Waals surface area contributed by atoms with Crippen LogP contribution in [0, 0.1) is 11.3 Å². The van der Waals surface area contributed by atoms with Crippen LogP contribution in [0.1, 0.15) is 23.8 Å². The van der Waals surface area contributed by atoms with E-state index in [0.29, 0.717) is 24.5 Å². The molecule has 0 atom stereocenters. The number of carbonyl (C=O) groups excluding carboxylic acids is 1. The van der Waals surface area contributed by atoms with Gasteiger partial charge in [0.2, 0.25) is 0 Å². The fourth-order valence-electron chi connectivity index (χ4n) is 2.78. The van der Waals surface area contributed by atoms with Crippen molar-refractivity contribution in [2.24, 2.45) is 0 Å². The Morgan fingerprint density at radius 3 is 2.45 bits per heavy atom. The minimum Gasteiger partial charge on any atom is -0.497 e. The molecule has 148 valence electrons. The van der Waals surface area contributed by atoms with Gasteiger partial charge in [0.25, 0.3) is 5.91 Å². The molecule has 29 heavy (non-hydrogen) atoms. The molecule has 0 saturated heterocycles. The topological polar surface area (TPSA) is 75.5 Å². The van der Waals surface area contributed by atoms with Crippen molar-refractivity contribution in [2.75, 3.05) is 25.2 Å². The van der Waals surface area contributed by atoms with E-state index >= 15 is 0 Å². The zero-order valence-electron chi connectivity index (χ0n) is 16.3. The van der Waals surface area contributed by atoms with Crippen LogP contribution >= 0.6 is 11.3 Å². The predicted octanol–water partition coefficient (Wildman–Crippen LogP) is 4.78. The first-order chi connectivity index (χ1) is 14.2. The van der Waals surface area contributed by atoms with Crippen LogP contribution in [0.25, 0.3) is 10.6 Å². The summed E-state index contributed by atoms with van der Waals surface area (Å²) in [6.07, 6.45) is 0.231. The van der Waals surface area contributed by atoms with Crippen LogP contribution < -0.4 is 14.4 Å². The Morgan fingerprint density at radius 1 is 1.14 bits per heavy atom. The molecule has 0 fully saturated rings. The minimum atomic E-state index is -0.236. The third kappa shape index (κ3) is 4.92. The zero-order chi connectivity index (χ0) is 20.6. The molecule has 2 aromatic carbocycles. The molecule has 1 aromatic heterocycles. The second kappa shape index (κ2) is 9.71. The van der Waals surface area contributed by atoms with Gasteiger partial charge >= 0.3 is 0 Å². The Morgan fingerprint density at radius 2 is 1.83 bits per heavy atom. The van der Waals surface area contributed by atoms with E-state index in [-0.39, 0.29) is 12.3 Å². The van der Waals surface area contributed by atoms with Crippen molar-refractivity contribution in [2.45, 2.75) is 13.3 Å². The van der Waals surface area contributed by atoms with Gasteiger partial charge in [-0.15, -0.1) is 11.3 Å². The summed E-state index contributed by atoms with van der Waals surface area (Å²) >= 11 is 1.41. The number of benzene rings is 2. The fourth-order valence-corrected chi connectivity index (χ4v) is 3.58. The smallest absolute Gasteiger partial charge is 0.277 e. The summed E-state index contributed by atoms with van der Waals surface area (Å²) in [6.45, 7) is 2.78. The van der Waals surface area contributed by atoms with Crippen molar-refractivity contribution in [3.05, 3.63) is 59.6 Å². The number of rotatable bonds is 8. The molecule has 0 spiro atoms. The standard InChI is InChI=1S/C22H21N3O3S/c1-3-28-19-11-7-17(8-12-19)25(14-4-13-23)22(26)20-15-29-21(24-20)16-5-9-18(27-2)10-6-16/h5-12,15H,3-4,14H2,1-2H3. The molecule has 7 heteroatoms. The van der Waals surface area contributed by atoms with Gasteiger partial charge < -0.3 is 14.4 Å². The van der Waals surface area contributed by atoms with E-state index in [2.05, 4.69) is 11.1 Å². The molecule has 0 radical (unpaired) electrons. The highest BCUT2D eigenvalue weighted by molar-refractivity contribution is 7.13. The second-order valence-corrected chi connectivity index (χ2v) is 6.92. The summed E-state index contributed by atoms with van der Waals surface area (Å²) in [4.78, 5) is 19.2. The largest absolute Gasteiger partial charge is 0.497 e. The Hall–Kier alpha value is -3.37. The lowest BCUT2D eigenvalue weighted by Gasteiger charge is -2.21. The van der Waals surface area contributed by atoms with Crippen molar-refractivity contribution in [1.82, 2.24) is 4.98 Å². The Kier molecular flexibility index (Phi) is 6.82. The van der Waals surface area contributed by atoms with Gasteiger partial charge in [0.05, 0.1) is 26.2 Å². The van der Waals surface area contributed by atoms with Crippen LogP contribution in [0.4, 0.5) is 5.69 Å². The van der Waals surface area contributed by atoms with Crippen molar-refractivity contribution in [3.8, 4) is 28.1 Å². The first kappa shape index (κ1) is 20.4. The van der Waals surface area contributed by atoms with Crippen LogP contribution in [0.5, 0.6) is 11.5 Å². The summed E-state index contributed by atoms with van der Waals surface area (Å²) in [6, 6.07) is 16.9. The van der Waals surface area contributed by atoms with Crippen LogP contribution in [0.3, 0.4) is 0 Å². The molecule has 6 nitrogen and oxygen atoms in total. The van der Waals surface area contributed by atoms with Gasteiger partial charge in [-0.3, -0.25) is 4.79 Å². The van der Waals surface area contributed by atoms with E-state index in [0.717, 1.165) is 22.1 Å². The Balaban J connectivity index is 1.84. The molecule has 3 rings (SSSR count). The summed E-state index contributed by atoms with van der Waals surface area (Å²) in [7, 11) is 1.62. The van der Waals surface area contributed by atoms with Crippen molar-refractivity contribution in [3.63, 3.8) is 0 Å². The summed E-state index contributed by atoms with van der Waals surface area (Å²) in [5.74, 6) is 1.26. The average molecular weight is 407 g/mol. The number of carbonyl (C=O) groups is 1. The number of hydrogen-bond donors (Lipinski definition) is 0. The summed E-state index contributed by atoms with van der Waals surface area (Å²) in [5, 5.41) is 11.5. The summed E-state index contributed by atoms with van der Waals surface area (Å²) in [5.41, 5.74) is 1.97.